The standard InChI is InChI=1S/C21H40N4O3.HI/c1-3-5-13-27-15-16-28-14-11-23-21(22-4-2)24-19-10-12-25(17-19)20(26)18-8-6-7-9-18;/h18-19H,3-17H2,1-2H3,(H2,22,23,24);1H. The van der Waals surface area contributed by atoms with Crippen molar-refractivity contribution in [1.29, 1.82) is 0 Å². The molecule has 0 aromatic heterocycles. The van der Waals surface area contributed by atoms with E-state index in [2.05, 4.69) is 29.5 Å². The monoisotopic (exact) mass is 524 g/mol. The molecule has 0 radical (unpaired) electrons. The van der Waals surface area contributed by atoms with Gasteiger partial charge >= 0.3 is 0 Å². The SMILES string of the molecule is CCCCOCCOCCN=C(NCC)NC1CCN(C(=O)C2CCCC2)C1.I. The number of hydrogen-bond donors (Lipinski definition) is 2. The molecule has 0 aromatic carbocycles. The molecule has 170 valence electrons. The molecule has 2 rings (SSSR count). The number of rotatable bonds is 12. The molecule has 2 fully saturated rings. The Hall–Kier alpha value is -0.610. The number of hydrogen-bond acceptors (Lipinski definition) is 4. The molecule has 1 unspecified atom stereocenters. The Kier molecular flexibility index (Phi) is 14.7. The van der Waals surface area contributed by atoms with Crippen LogP contribution in [0.5, 0.6) is 0 Å². The summed E-state index contributed by atoms with van der Waals surface area (Å²) in [5.74, 6) is 1.44. The molecule has 29 heavy (non-hydrogen) atoms. The van der Waals surface area contributed by atoms with Crippen LogP contribution in [0.25, 0.3) is 0 Å². The lowest BCUT2D eigenvalue weighted by Gasteiger charge is -2.21. The van der Waals surface area contributed by atoms with Crippen molar-refractivity contribution < 1.29 is 14.3 Å². The molecular formula is C21H41IN4O3. The van der Waals surface area contributed by atoms with Gasteiger partial charge in [-0.3, -0.25) is 9.79 Å². The fraction of sp³-hybridized carbons (Fsp3) is 0.905. The Morgan fingerprint density at radius 2 is 1.79 bits per heavy atom. The molecule has 1 aliphatic heterocycles. The quantitative estimate of drug-likeness (QED) is 0.178. The molecule has 0 aromatic rings. The number of amides is 1. The van der Waals surface area contributed by atoms with Gasteiger partial charge in [0, 0.05) is 38.2 Å². The maximum Gasteiger partial charge on any atom is 0.225 e. The van der Waals surface area contributed by atoms with Gasteiger partial charge < -0.3 is 25.0 Å². The van der Waals surface area contributed by atoms with E-state index in [0.717, 1.165) is 64.3 Å². The third-order valence-electron chi connectivity index (χ3n) is 5.41. The van der Waals surface area contributed by atoms with E-state index >= 15 is 0 Å². The van der Waals surface area contributed by atoms with Crippen LogP contribution in [-0.4, -0.2) is 75.4 Å². The largest absolute Gasteiger partial charge is 0.379 e. The van der Waals surface area contributed by atoms with E-state index in [4.69, 9.17) is 9.47 Å². The average molecular weight is 524 g/mol. The maximum absolute atomic E-state index is 12.6. The van der Waals surface area contributed by atoms with Crippen molar-refractivity contribution in [2.24, 2.45) is 10.9 Å². The maximum atomic E-state index is 12.6. The third-order valence-corrected chi connectivity index (χ3v) is 5.41. The van der Waals surface area contributed by atoms with Crippen molar-refractivity contribution in [3.8, 4) is 0 Å². The molecule has 1 saturated heterocycles. The van der Waals surface area contributed by atoms with Crippen LogP contribution in [0.1, 0.15) is 58.8 Å². The summed E-state index contributed by atoms with van der Waals surface area (Å²) in [7, 11) is 0. The minimum Gasteiger partial charge on any atom is -0.379 e. The molecule has 0 spiro atoms. The van der Waals surface area contributed by atoms with Crippen molar-refractivity contribution in [2.45, 2.75) is 64.8 Å². The van der Waals surface area contributed by atoms with Gasteiger partial charge in [0.05, 0.1) is 26.4 Å². The van der Waals surface area contributed by atoms with Crippen molar-refractivity contribution in [3.05, 3.63) is 0 Å². The fourth-order valence-corrected chi connectivity index (χ4v) is 3.81. The van der Waals surface area contributed by atoms with Gasteiger partial charge in [-0.15, -0.1) is 24.0 Å². The highest BCUT2D eigenvalue weighted by atomic mass is 127. The minimum absolute atomic E-state index is 0. The summed E-state index contributed by atoms with van der Waals surface area (Å²) >= 11 is 0. The highest BCUT2D eigenvalue weighted by molar-refractivity contribution is 14.0. The Labute approximate surface area is 193 Å². The second-order valence-electron chi connectivity index (χ2n) is 7.73. The lowest BCUT2D eigenvalue weighted by molar-refractivity contribution is -0.134. The molecule has 1 aliphatic carbocycles. The zero-order valence-corrected chi connectivity index (χ0v) is 20.6. The zero-order chi connectivity index (χ0) is 20.0. The van der Waals surface area contributed by atoms with Crippen LogP contribution in [0.15, 0.2) is 4.99 Å². The minimum atomic E-state index is 0. The van der Waals surface area contributed by atoms with E-state index in [1.165, 1.54) is 12.8 Å². The zero-order valence-electron chi connectivity index (χ0n) is 18.3. The van der Waals surface area contributed by atoms with Crippen LogP contribution >= 0.6 is 24.0 Å². The summed E-state index contributed by atoms with van der Waals surface area (Å²) < 4.78 is 11.1. The second kappa shape index (κ2) is 16.1. The summed E-state index contributed by atoms with van der Waals surface area (Å²) in [6, 6.07) is 0.274. The number of nitrogens with zero attached hydrogens (tertiary/aromatic N) is 2. The number of ether oxygens (including phenoxy) is 2. The molecule has 1 amide bonds. The summed E-state index contributed by atoms with van der Waals surface area (Å²) in [5.41, 5.74) is 0. The molecule has 7 nitrogen and oxygen atoms in total. The second-order valence-corrected chi connectivity index (χ2v) is 7.73. The molecule has 1 atom stereocenters. The van der Waals surface area contributed by atoms with Gasteiger partial charge in [-0.1, -0.05) is 26.2 Å². The van der Waals surface area contributed by atoms with Crippen molar-refractivity contribution >= 4 is 35.8 Å². The first-order chi connectivity index (χ1) is 13.7. The normalized spacial score (nSPS) is 20.0. The molecule has 2 aliphatic rings. The Balaban J connectivity index is 0.00000420. The van der Waals surface area contributed by atoms with Crippen LogP contribution in [0.3, 0.4) is 0 Å². The third kappa shape index (κ3) is 10.3. The topological polar surface area (TPSA) is 75.2 Å². The van der Waals surface area contributed by atoms with Crippen LogP contribution in [0, 0.1) is 5.92 Å². The van der Waals surface area contributed by atoms with Gasteiger partial charge in [-0.05, 0) is 32.6 Å². The Morgan fingerprint density at radius 3 is 2.48 bits per heavy atom. The Bertz CT molecular complexity index is 473. The van der Waals surface area contributed by atoms with E-state index in [9.17, 15) is 4.79 Å². The van der Waals surface area contributed by atoms with E-state index in [1.807, 2.05) is 4.90 Å². The smallest absolute Gasteiger partial charge is 0.225 e. The predicted octanol–water partition coefficient (Wildman–Crippen LogP) is 2.78. The number of unbranched alkanes of at least 4 members (excludes halogenated alkanes) is 1. The first kappa shape index (κ1) is 26.4. The first-order valence-corrected chi connectivity index (χ1v) is 11.2. The first-order valence-electron chi connectivity index (χ1n) is 11.2. The van der Waals surface area contributed by atoms with Crippen LogP contribution < -0.4 is 10.6 Å². The number of halogens is 1. The van der Waals surface area contributed by atoms with Gasteiger partial charge in [0.2, 0.25) is 5.91 Å². The van der Waals surface area contributed by atoms with Crippen LogP contribution in [0.4, 0.5) is 0 Å². The van der Waals surface area contributed by atoms with Gasteiger partial charge in [-0.2, -0.15) is 0 Å². The summed E-state index contributed by atoms with van der Waals surface area (Å²) in [6.07, 6.45) is 7.79. The van der Waals surface area contributed by atoms with E-state index in [0.29, 0.717) is 32.3 Å². The summed E-state index contributed by atoms with van der Waals surface area (Å²) in [6.45, 7) is 9.95. The Morgan fingerprint density at radius 1 is 1.07 bits per heavy atom. The van der Waals surface area contributed by atoms with Gasteiger partial charge in [0.1, 0.15) is 0 Å². The predicted molar refractivity (Wildman–Crippen MR) is 128 cm³/mol. The van der Waals surface area contributed by atoms with E-state index in [-0.39, 0.29) is 35.9 Å². The summed E-state index contributed by atoms with van der Waals surface area (Å²) in [5, 5.41) is 6.77. The van der Waals surface area contributed by atoms with Crippen molar-refractivity contribution in [3.63, 3.8) is 0 Å². The number of carbonyl (C=O) groups is 1. The van der Waals surface area contributed by atoms with Crippen molar-refractivity contribution in [2.75, 3.05) is 52.6 Å². The lowest BCUT2D eigenvalue weighted by atomic mass is 10.1. The molecule has 8 heteroatoms. The number of nitrogens with one attached hydrogen (secondary N) is 2. The van der Waals surface area contributed by atoms with Crippen LogP contribution in [0.2, 0.25) is 0 Å². The molecule has 0 bridgehead atoms. The molecule has 1 heterocycles. The average Bonchev–Trinajstić information content (AvgIpc) is 3.38. The fourth-order valence-electron chi connectivity index (χ4n) is 3.81. The molecule has 1 saturated carbocycles. The highest BCUT2D eigenvalue weighted by Crippen LogP contribution is 2.27. The lowest BCUT2D eigenvalue weighted by Crippen LogP contribution is -2.45. The number of likely N-dealkylation sites (tertiary alicyclic amines) is 1. The van der Waals surface area contributed by atoms with E-state index in [1.54, 1.807) is 0 Å². The summed E-state index contributed by atoms with van der Waals surface area (Å²) in [4.78, 5) is 19.2. The van der Waals surface area contributed by atoms with Gasteiger partial charge in [0.25, 0.3) is 0 Å². The number of guanidine groups is 1. The van der Waals surface area contributed by atoms with Gasteiger partial charge in [-0.25, -0.2) is 0 Å². The number of carbonyl (C=O) groups excluding carboxylic acids is 1. The molecule has 2 N–H and O–H groups in total. The number of aliphatic imine (C=N–C) groups is 1. The van der Waals surface area contributed by atoms with Crippen LogP contribution in [-0.2, 0) is 14.3 Å². The van der Waals surface area contributed by atoms with E-state index < -0.39 is 0 Å². The van der Waals surface area contributed by atoms with Crippen molar-refractivity contribution in [1.82, 2.24) is 15.5 Å². The van der Waals surface area contributed by atoms with Gasteiger partial charge in [0.15, 0.2) is 5.96 Å². The molecular weight excluding hydrogens is 483 g/mol. The highest BCUT2D eigenvalue weighted by Gasteiger charge is 2.32.